The highest BCUT2D eigenvalue weighted by molar-refractivity contribution is 9.10. The molecule has 1 N–H and O–H groups in total. The second-order valence-corrected chi connectivity index (χ2v) is 10.2. The summed E-state index contributed by atoms with van der Waals surface area (Å²) in [4.78, 5) is 12.7. The average Bonchev–Trinajstić information content (AvgIpc) is 3.31. The number of carbonyl (C=O) groups is 1. The SMILES string of the molecule is COc1ccc(S(=O)(=O)N(CC(=O)N/N=C/c2cc3c(cc2Br)OCO3)Cc2ccccc2)cc1. The molecule has 0 aromatic heterocycles. The van der Waals surface area contributed by atoms with E-state index in [0.717, 1.165) is 9.87 Å². The molecule has 0 unspecified atom stereocenters. The van der Waals surface area contributed by atoms with Gasteiger partial charge < -0.3 is 14.2 Å². The summed E-state index contributed by atoms with van der Waals surface area (Å²) in [6.45, 7) is -0.276. The minimum atomic E-state index is -3.98. The van der Waals surface area contributed by atoms with Crippen molar-refractivity contribution < 1.29 is 27.4 Å². The minimum Gasteiger partial charge on any atom is -0.497 e. The maximum Gasteiger partial charge on any atom is 0.255 e. The molecule has 0 spiro atoms. The van der Waals surface area contributed by atoms with Gasteiger partial charge in [-0.25, -0.2) is 13.8 Å². The third kappa shape index (κ3) is 5.99. The van der Waals surface area contributed by atoms with Gasteiger partial charge in [0.1, 0.15) is 5.75 Å². The van der Waals surface area contributed by atoms with Crippen LogP contribution in [0.25, 0.3) is 0 Å². The molecule has 3 aromatic carbocycles. The van der Waals surface area contributed by atoms with Crippen molar-refractivity contribution in [1.82, 2.24) is 9.73 Å². The third-order valence-corrected chi connectivity index (χ3v) is 7.60. The van der Waals surface area contributed by atoms with Gasteiger partial charge in [0.2, 0.25) is 16.8 Å². The Balaban J connectivity index is 1.50. The van der Waals surface area contributed by atoms with Gasteiger partial charge in [0.25, 0.3) is 5.91 Å². The van der Waals surface area contributed by atoms with Crippen LogP contribution in [-0.2, 0) is 21.4 Å². The molecule has 9 nitrogen and oxygen atoms in total. The fourth-order valence-electron chi connectivity index (χ4n) is 3.31. The standard InChI is InChI=1S/C24H22BrN3O6S/c1-32-19-7-9-20(10-8-19)35(30,31)28(14-17-5-3-2-4-6-17)15-24(29)27-26-13-18-11-22-23(12-21(18)25)34-16-33-22/h2-13H,14-16H2,1H3,(H,27,29)/b26-13+. The lowest BCUT2D eigenvalue weighted by atomic mass is 10.2. The van der Waals surface area contributed by atoms with E-state index in [1.54, 1.807) is 48.5 Å². The Morgan fingerprint density at radius 2 is 1.80 bits per heavy atom. The Morgan fingerprint density at radius 1 is 1.11 bits per heavy atom. The molecule has 3 aromatic rings. The van der Waals surface area contributed by atoms with Crippen LogP contribution in [-0.4, -0.2) is 45.3 Å². The van der Waals surface area contributed by atoms with Gasteiger partial charge in [-0.05, 0) is 57.9 Å². The van der Waals surface area contributed by atoms with Gasteiger partial charge in [-0.15, -0.1) is 0 Å². The summed E-state index contributed by atoms with van der Waals surface area (Å²) in [5, 5.41) is 3.98. The molecule has 0 radical (unpaired) electrons. The van der Waals surface area contributed by atoms with Crippen molar-refractivity contribution in [1.29, 1.82) is 0 Å². The van der Waals surface area contributed by atoms with E-state index in [9.17, 15) is 13.2 Å². The molecule has 0 atom stereocenters. The molecule has 4 rings (SSSR count). The van der Waals surface area contributed by atoms with Gasteiger partial charge >= 0.3 is 0 Å². The van der Waals surface area contributed by atoms with Crippen molar-refractivity contribution >= 4 is 38.1 Å². The number of nitrogens with zero attached hydrogens (tertiary/aromatic N) is 2. The van der Waals surface area contributed by atoms with E-state index < -0.39 is 22.5 Å². The van der Waals surface area contributed by atoms with Gasteiger partial charge in [-0.1, -0.05) is 30.3 Å². The lowest BCUT2D eigenvalue weighted by Crippen LogP contribution is -2.39. The van der Waals surface area contributed by atoms with Gasteiger partial charge in [0.15, 0.2) is 11.5 Å². The Bertz CT molecular complexity index is 1330. The van der Waals surface area contributed by atoms with Gasteiger partial charge in [-0.3, -0.25) is 4.79 Å². The summed E-state index contributed by atoms with van der Waals surface area (Å²) < 4.78 is 44.3. The Labute approximate surface area is 211 Å². The zero-order valence-corrected chi connectivity index (χ0v) is 21.1. The summed E-state index contributed by atoms with van der Waals surface area (Å²) in [5.74, 6) is 1.12. The molecule has 11 heteroatoms. The predicted octanol–water partition coefficient (Wildman–Crippen LogP) is 3.53. The molecule has 182 valence electrons. The second-order valence-electron chi connectivity index (χ2n) is 7.45. The van der Waals surface area contributed by atoms with Crippen molar-refractivity contribution in [3.05, 3.63) is 82.3 Å². The monoisotopic (exact) mass is 559 g/mol. The van der Waals surface area contributed by atoms with E-state index in [2.05, 4.69) is 26.5 Å². The number of rotatable bonds is 9. The van der Waals surface area contributed by atoms with E-state index >= 15 is 0 Å². The first-order chi connectivity index (χ1) is 16.9. The summed E-state index contributed by atoms with van der Waals surface area (Å²) in [7, 11) is -2.48. The van der Waals surface area contributed by atoms with E-state index in [-0.39, 0.29) is 18.2 Å². The van der Waals surface area contributed by atoms with Crippen molar-refractivity contribution in [2.75, 3.05) is 20.4 Å². The van der Waals surface area contributed by atoms with Crippen LogP contribution >= 0.6 is 15.9 Å². The number of hydrogen-bond donors (Lipinski definition) is 1. The molecular weight excluding hydrogens is 538 g/mol. The second kappa shape index (κ2) is 10.9. The lowest BCUT2D eigenvalue weighted by molar-refractivity contribution is -0.121. The van der Waals surface area contributed by atoms with E-state index in [1.807, 2.05) is 6.07 Å². The smallest absolute Gasteiger partial charge is 0.255 e. The van der Waals surface area contributed by atoms with Gasteiger partial charge in [0, 0.05) is 16.6 Å². The third-order valence-electron chi connectivity index (χ3n) is 5.10. The first kappa shape index (κ1) is 24.7. The summed E-state index contributed by atoms with van der Waals surface area (Å²) in [5.41, 5.74) is 3.79. The predicted molar refractivity (Wildman–Crippen MR) is 133 cm³/mol. The lowest BCUT2D eigenvalue weighted by Gasteiger charge is -2.21. The molecule has 0 saturated carbocycles. The van der Waals surface area contributed by atoms with Crippen LogP contribution in [0.4, 0.5) is 0 Å². The minimum absolute atomic E-state index is 0.0139. The van der Waals surface area contributed by atoms with Crippen molar-refractivity contribution in [3.63, 3.8) is 0 Å². The number of carbonyl (C=O) groups excluding carboxylic acids is 1. The first-order valence-corrected chi connectivity index (χ1v) is 12.7. The number of sulfonamides is 1. The number of benzene rings is 3. The number of hydrazone groups is 1. The van der Waals surface area contributed by atoms with Crippen molar-refractivity contribution in [2.24, 2.45) is 5.10 Å². The maximum atomic E-state index is 13.4. The normalized spacial score (nSPS) is 12.8. The molecule has 1 amide bonds. The van der Waals surface area contributed by atoms with Crippen molar-refractivity contribution in [2.45, 2.75) is 11.4 Å². The van der Waals surface area contributed by atoms with Gasteiger partial charge in [-0.2, -0.15) is 9.41 Å². The van der Waals surface area contributed by atoms with Crippen LogP contribution in [0.3, 0.4) is 0 Å². The molecule has 0 fully saturated rings. The highest BCUT2D eigenvalue weighted by atomic mass is 79.9. The Morgan fingerprint density at radius 3 is 2.49 bits per heavy atom. The average molecular weight is 560 g/mol. The summed E-state index contributed by atoms with van der Waals surface area (Å²) in [6, 6.07) is 18.5. The zero-order chi connectivity index (χ0) is 24.8. The quantitative estimate of drug-likeness (QED) is 0.317. The highest BCUT2D eigenvalue weighted by Crippen LogP contribution is 2.36. The molecule has 35 heavy (non-hydrogen) atoms. The van der Waals surface area contributed by atoms with Crippen LogP contribution in [0.5, 0.6) is 17.2 Å². The molecule has 1 heterocycles. The number of nitrogens with one attached hydrogen (secondary N) is 1. The van der Waals surface area contributed by atoms with Crippen LogP contribution in [0.2, 0.25) is 0 Å². The number of ether oxygens (including phenoxy) is 3. The number of hydrogen-bond acceptors (Lipinski definition) is 7. The van der Waals surface area contributed by atoms with Crippen LogP contribution < -0.4 is 19.6 Å². The van der Waals surface area contributed by atoms with Crippen molar-refractivity contribution in [3.8, 4) is 17.2 Å². The van der Waals surface area contributed by atoms with Crippen LogP contribution in [0.15, 0.2) is 81.2 Å². The molecule has 0 bridgehead atoms. The number of fused-ring (bicyclic) bond motifs is 1. The fourth-order valence-corrected chi connectivity index (χ4v) is 5.12. The molecule has 1 aliphatic rings. The molecule has 0 saturated heterocycles. The largest absolute Gasteiger partial charge is 0.497 e. The fraction of sp³-hybridized carbons (Fsp3) is 0.167. The summed E-state index contributed by atoms with van der Waals surface area (Å²) in [6.07, 6.45) is 1.43. The Hall–Kier alpha value is -3.41. The number of amides is 1. The first-order valence-electron chi connectivity index (χ1n) is 10.5. The van der Waals surface area contributed by atoms with E-state index in [0.29, 0.717) is 27.3 Å². The molecule has 0 aliphatic carbocycles. The molecular formula is C24H22BrN3O6S. The number of methoxy groups -OCH3 is 1. The number of halogens is 1. The van der Waals surface area contributed by atoms with Gasteiger partial charge in [0.05, 0.1) is 24.8 Å². The highest BCUT2D eigenvalue weighted by Gasteiger charge is 2.27. The zero-order valence-electron chi connectivity index (χ0n) is 18.7. The molecule has 1 aliphatic heterocycles. The topological polar surface area (TPSA) is 107 Å². The maximum absolute atomic E-state index is 13.4. The summed E-state index contributed by atoms with van der Waals surface area (Å²) >= 11 is 3.42. The van der Waals surface area contributed by atoms with Crippen LogP contribution in [0.1, 0.15) is 11.1 Å². The Kier molecular flexibility index (Phi) is 7.69. The van der Waals surface area contributed by atoms with E-state index in [1.165, 1.54) is 25.5 Å². The van der Waals surface area contributed by atoms with E-state index in [4.69, 9.17) is 14.2 Å². The van der Waals surface area contributed by atoms with Crippen LogP contribution in [0, 0.1) is 0 Å².